The highest BCUT2D eigenvalue weighted by atomic mass is 32.1. The molecule has 0 N–H and O–H groups in total. The van der Waals surface area contributed by atoms with E-state index in [1.807, 2.05) is 13.0 Å². The number of nitrogens with zero attached hydrogens (tertiary/aromatic N) is 1. The number of ether oxygens (including phenoxy) is 1. The molecule has 5 nitrogen and oxygen atoms in total. The number of carbonyl (C=O) groups is 1. The molecule has 4 heterocycles. The van der Waals surface area contributed by atoms with E-state index in [1.165, 1.54) is 10.4 Å². The fourth-order valence-corrected chi connectivity index (χ4v) is 4.32. The number of carbonyl (C=O) groups excluding carboxylic acids is 1. The van der Waals surface area contributed by atoms with Crippen LogP contribution in [-0.2, 0) is 17.7 Å². The van der Waals surface area contributed by atoms with Crippen molar-refractivity contribution < 1.29 is 13.9 Å². The maximum atomic E-state index is 12.9. The van der Waals surface area contributed by atoms with E-state index >= 15 is 0 Å². The predicted octanol–water partition coefficient (Wildman–Crippen LogP) is 2.71. The third-order valence-corrected chi connectivity index (χ3v) is 5.83. The van der Waals surface area contributed by atoms with Gasteiger partial charge in [-0.05, 0) is 48.4 Å². The van der Waals surface area contributed by atoms with Crippen LogP contribution in [0.25, 0.3) is 0 Å². The largest absolute Gasteiger partial charge is 0.427 e. The van der Waals surface area contributed by atoms with Crippen LogP contribution >= 0.6 is 11.3 Å². The number of aryl methyl sites for hydroxylation is 1. The molecule has 1 amide bonds. The van der Waals surface area contributed by atoms with Crippen molar-refractivity contribution in [3.63, 3.8) is 0 Å². The molecule has 0 saturated carbocycles. The lowest BCUT2D eigenvalue weighted by molar-refractivity contribution is 0.0729. The maximum Gasteiger partial charge on any atom is 0.349 e. The lowest BCUT2D eigenvalue weighted by Crippen LogP contribution is -2.38. The molecule has 24 heavy (non-hydrogen) atoms. The molecule has 0 aromatic carbocycles. The van der Waals surface area contributed by atoms with Gasteiger partial charge in [0.25, 0.3) is 5.91 Å². The van der Waals surface area contributed by atoms with Crippen molar-refractivity contribution >= 4 is 17.2 Å². The Labute approximate surface area is 143 Å². The van der Waals surface area contributed by atoms with E-state index in [2.05, 4.69) is 11.4 Å². The highest BCUT2D eigenvalue weighted by Gasteiger charge is 2.28. The van der Waals surface area contributed by atoms with Gasteiger partial charge >= 0.3 is 5.63 Å². The molecule has 126 valence electrons. The number of hydrogen-bond donors (Lipinski definition) is 0. The minimum Gasteiger partial charge on any atom is -0.427 e. The molecule has 0 radical (unpaired) electrons. The monoisotopic (exact) mass is 345 g/mol. The molecule has 1 fully saturated rings. The van der Waals surface area contributed by atoms with Crippen LogP contribution in [0.5, 0.6) is 0 Å². The van der Waals surface area contributed by atoms with Gasteiger partial charge in [-0.2, -0.15) is 0 Å². The van der Waals surface area contributed by atoms with E-state index in [1.54, 1.807) is 16.2 Å². The summed E-state index contributed by atoms with van der Waals surface area (Å²) in [6.45, 7) is 4.27. The van der Waals surface area contributed by atoms with Crippen LogP contribution in [0.1, 0.15) is 44.5 Å². The quantitative estimate of drug-likeness (QED) is 0.840. The first-order chi connectivity index (χ1) is 11.6. The second-order valence-electron chi connectivity index (χ2n) is 6.40. The van der Waals surface area contributed by atoms with Crippen LogP contribution in [0.15, 0.2) is 26.7 Å². The van der Waals surface area contributed by atoms with E-state index < -0.39 is 5.63 Å². The third kappa shape index (κ3) is 2.70. The zero-order valence-electron chi connectivity index (χ0n) is 13.5. The Morgan fingerprint density at radius 2 is 2.29 bits per heavy atom. The fraction of sp³-hybridized carbons (Fsp3) is 0.444. The second kappa shape index (κ2) is 6.18. The van der Waals surface area contributed by atoms with Gasteiger partial charge in [0.05, 0.1) is 6.61 Å². The van der Waals surface area contributed by atoms with Gasteiger partial charge in [0, 0.05) is 30.5 Å². The lowest BCUT2D eigenvalue weighted by atomic mass is 10.0. The summed E-state index contributed by atoms with van der Waals surface area (Å²) < 4.78 is 10.8. The molecule has 0 spiro atoms. The van der Waals surface area contributed by atoms with E-state index in [4.69, 9.17) is 9.15 Å². The van der Waals surface area contributed by atoms with Crippen molar-refractivity contribution in [3.8, 4) is 0 Å². The summed E-state index contributed by atoms with van der Waals surface area (Å²) in [5, 5.41) is 2.05. The van der Waals surface area contributed by atoms with E-state index in [9.17, 15) is 9.59 Å². The van der Waals surface area contributed by atoms with Crippen LogP contribution in [0.2, 0.25) is 0 Å². The molecular weight excluding hydrogens is 326 g/mol. The first-order valence-corrected chi connectivity index (χ1v) is 9.08. The molecule has 2 aliphatic heterocycles. The summed E-state index contributed by atoms with van der Waals surface area (Å²) >= 11 is 1.73. The van der Waals surface area contributed by atoms with Crippen molar-refractivity contribution in [2.24, 2.45) is 0 Å². The van der Waals surface area contributed by atoms with Crippen LogP contribution in [0.3, 0.4) is 0 Å². The van der Waals surface area contributed by atoms with Crippen LogP contribution in [0, 0.1) is 6.92 Å². The molecule has 6 heteroatoms. The zero-order valence-corrected chi connectivity index (χ0v) is 14.4. The van der Waals surface area contributed by atoms with Gasteiger partial charge in [0.1, 0.15) is 11.3 Å². The fourth-order valence-electron chi connectivity index (χ4n) is 3.43. The number of fused-ring (bicyclic) bond motifs is 1. The average Bonchev–Trinajstić information content (AvgIpc) is 3.24. The van der Waals surface area contributed by atoms with E-state index in [0.717, 1.165) is 12.8 Å². The standard InChI is InChI=1S/C18H19NO4S/c1-11-8-14(13-3-6-22-10-13)23-18(21)16(11)17(20)19-5-2-15-12(9-19)4-7-24-15/h4,7-8,13H,2-3,5-6,9-10H2,1H3. The summed E-state index contributed by atoms with van der Waals surface area (Å²) in [5.41, 5.74) is 1.50. The average molecular weight is 345 g/mol. The Hall–Kier alpha value is -1.92. The Bertz CT molecular complexity index is 832. The van der Waals surface area contributed by atoms with Gasteiger partial charge in [-0.25, -0.2) is 4.79 Å². The Morgan fingerprint density at radius 1 is 1.42 bits per heavy atom. The van der Waals surface area contributed by atoms with Crippen molar-refractivity contribution in [1.29, 1.82) is 0 Å². The highest BCUT2D eigenvalue weighted by Crippen LogP contribution is 2.27. The van der Waals surface area contributed by atoms with Crippen LogP contribution < -0.4 is 5.63 Å². The minimum atomic E-state index is -0.530. The van der Waals surface area contributed by atoms with E-state index in [0.29, 0.717) is 37.6 Å². The van der Waals surface area contributed by atoms with Crippen molar-refractivity contribution in [1.82, 2.24) is 4.90 Å². The smallest absolute Gasteiger partial charge is 0.349 e. The molecule has 2 aliphatic rings. The second-order valence-corrected chi connectivity index (χ2v) is 7.40. The summed E-state index contributed by atoms with van der Waals surface area (Å²) in [6, 6.07) is 3.88. The van der Waals surface area contributed by atoms with Crippen molar-refractivity contribution in [2.45, 2.75) is 32.2 Å². The Kier molecular flexibility index (Phi) is 4.02. The normalized spacial score (nSPS) is 20.2. The van der Waals surface area contributed by atoms with Crippen LogP contribution in [0.4, 0.5) is 0 Å². The SMILES string of the molecule is Cc1cc(C2CCOC2)oc(=O)c1C(=O)N1CCc2sccc2C1. The Balaban J connectivity index is 1.62. The van der Waals surface area contributed by atoms with Crippen LogP contribution in [-0.4, -0.2) is 30.6 Å². The molecule has 1 saturated heterocycles. The Morgan fingerprint density at radius 3 is 3.04 bits per heavy atom. The van der Waals surface area contributed by atoms with Gasteiger partial charge < -0.3 is 14.1 Å². The number of amides is 1. The molecule has 2 aromatic heterocycles. The molecule has 1 atom stereocenters. The lowest BCUT2D eigenvalue weighted by Gasteiger charge is -2.27. The van der Waals surface area contributed by atoms with Gasteiger partial charge in [0.2, 0.25) is 0 Å². The highest BCUT2D eigenvalue weighted by molar-refractivity contribution is 7.10. The number of rotatable bonds is 2. The van der Waals surface area contributed by atoms with E-state index in [-0.39, 0.29) is 17.4 Å². The summed E-state index contributed by atoms with van der Waals surface area (Å²) in [4.78, 5) is 28.4. The third-order valence-electron chi connectivity index (χ3n) is 4.81. The van der Waals surface area contributed by atoms with Gasteiger partial charge in [-0.3, -0.25) is 4.79 Å². The van der Waals surface area contributed by atoms with Crippen molar-refractivity contribution in [2.75, 3.05) is 19.8 Å². The molecule has 0 aliphatic carbocycles. The molecule has 0 bridgehead atoms. The topological polar surface area (TPSA) is 59.8 Å². The van der Waals surface area contributed by atoms with Crippen molar-refractivity contribution in [3.05, 3.63) is 55.3 Å². The summed E-state index contributed by atoms with van der Waals surface area (Å²) in [6.07, 6.45) is 1.70. The number of thiophene rings is 1. The molecular formula is C18H19NO4S. The first-order valence-electron chi connectivity index (χ1n) is 8.20. The molecule has 1 unspecified atom stereocenters. The summed E-state index contributed by atoms with van der Waals surface area (Å²) in [5.74, 6) is 0.515. The van der Waals surface area contributed by atoms with Gasteiger partial charge in [-0.1, -0.05) is 0 Å². The van der Waals surface area contributed by atoms with Gasteiger partial charge in [-0.15, -0.1) is 11.3 Å². The first kappa shape index (κ1) is 15.6. The molecule has 4 rings (SSSR count). The van der Waals surface area contributed by atoms with Gasteiger partial charge in [0.15, 0.2) is 0 Å². The zero-order chi connectivity index (χ0) is 16.7. The maximum absolute atomic E-state index is 12.9. The number of hydrogen-bond acceptors (Lipinski definition) is 5. The predicted molar refractivity (Wildman–Crippen MR) is 90.7 cm³/mol. The summed E-state index contributed by atoms with van der Waals surface area (Å²) in [7, 11) is 0. The molecule has 2 aromatic rings. The minimum absolute atomic E-state index is 0.115.